The average Bonchev–Trinajstić information content (AvgIpc) is 3.06. The van der Waals surface area contributed by atoms with Crippen LogP contribution < -0.4 is 5.32 Å². The van der Waals surface area contributed by atoms with Crippen molar-refractivity contribution in [2.45, 2.75) is 244 Å². The molecule has 0 aromatic rings. The van der Waals surface area contributed by atoms with Gasteiger partial charge in [0.1, 0.15) is 12.2 Å². The first-order chi connectivity index (χ1) is 22.5. The molecule has 0 aliphatic heterocycles. The molecule has 1 unspecified atom stereocenters. The van der Waals surface area contributed by atoms with Gasteiger partial charge in [-0.1, -0.05) is 206 Å². The second kappa shape index (κ2) is 35.6. The van der Waals surface area contributed by atoms with E-state index in [-0.39, 0.29) is 0 Å². The normalized spacial score (nSPS) is 14.3. The van der Waals surface area contributed by atoms with Crippen LogP contribution >= 0.6 is 0 Å². The number of carbonyl (C=O) groups excluding carboxylic acids is 1. The zero-order valence-corrected chi connectivity index (χ0v) is 30.8. The molecule has 0 fully saturated rings. The molecule has 0 radical (unpaired) electrons. The monoisotopic (exact) mass is 656 g/mol. The molecule has 6 nitrogen and oxygen atoms in total. The zero-order chi connectivity index (χ0) is 33.9. The standard InChI is InChI=1S/C40H81NO5/c1-3-5-7-9-11-13-15-17-18-19-20-21-22-24-26-28-30-32-34-38(44)40(46)41-36(35-42)39(45)37(43)33-31-29-27-25-23-16-14-12-10-8-6-4-2/h36-39,42-45H,3-35H2,1-2H3,(H,41,46)/t36-,37+,38?,39-/m0/s1. The van der Waals surface area contributed by atoms with Crippen molar-refractivity contribution in [1.82, 2.24) is 5.32 Å². The van der Waals surface area contributed by atoms with Gasteiger partial charge < -0.3 is 25.7 Å². The largest absolute Gasteiger partial charge is 0.394 e. The van der Waals surface area contributed by atoms with Crippen LogP contribution in [-0.4, -0.2) is 57.3 Å². The Hall–Kier alpha value is -0.690. The highest BCUT2D eigenvalue weighted by molar-refractivity contribution is 5.80. The van der Waals surface area contributed by atoms with E-state index in [1.165, 1.54) is 154 Å². The number of hydrogen-bond acceptors (Lipinski definition) is 5. The van der Waals surface area contributed by atoms with Crippen LogP contribution in [-0.2, 0) is 4.79 Å². The first kappa shape index (κ1) is 45.3. The van der Waals surface area contributed by atoms with Crippen molar-refractivity contribution in [3.63, 3.8) is 0 Å². The summed E-state index contributed by atoms with van der Waals surface area (Å²) in [5, 5.41) is 43.5. The maximum atomic E-state index is 12.5. The van der Waals surface area contributed by atoms with E-state index in [9.17, 15) is 25.2 Å². The van der Waals surface area contributed by atoms with E-state index in [1.807, 2.05) is 0 Å². The number of aliphatic hydroxyl groups is 4. The van der Waals surface area contributed by atoms with E-state index in [4.69, 9.17) is 0 Å². The molecule has 6 heteroatoms. The summed E-state index contributed by atoms with van der Waals surface area (Å²) in [4.78, 5) is 12.5. The summed E-state index contributed by atoms with van der Waals surface area (Å²) in [6, 6.07) is -0.977. The maximum absolute atomic E-state index is 12.5. The summed E-state index contributed by atoms with van der Waals surface area (Å²) in [6.45, 7) is 4.04. The smallest absolute Gasteiger partial charge is 0.249 e. The van der Waals surface area contributed by atoms with Crippen LogP contribution in [0.15, 0.2) is 0 Å². The van der Waals surface area contributed by atoms with Crippen molar-refractivity contribution in [2.75, 3.05) is 6.61 Å². The van der Waals surface area contributed by atoms with Crippen LogP contribution in [0.2, 0.25) is 0 Å². The zero-order valence-electron chi connectivity index (χ0n) is 30.8. The predicted octanol–water partition coefficient (Wildman–Crippen LogP) is 10.1. The molecule has 0 heterocycles. The first-order valence-electron chi connectivity index (χ1n) is 20.4. The minimum absolute atomic E-state index is 0.375. The summed E-state index contributed by atoms with van der Waals surface area (Å²) in [5.74, 6) is -0.581. The Morgan fingerprint density at radius 2 is 0.739 bits per heavy atom. The van der Waals surface area contributed by atoms with E-state index in [0.29, 0.717) is 12.8 Å². The Kier molecular flexibility index (Phi) is 35.1. The van der Waals surface area contributed by atoms with Gasteiger partial charge in [0.05, 0.1) is 18.8 Å². The molecule has 1 amide bonds. The second-order valence-electron chi connectivity index (χ2n) is 14.3. The van der Waals surface area contributed by atoms with E-state index < -0.39 is 36.9 Å². The highest BCUT2D eigenvalue weighted by Crippen LogP contribution is 2.17. The first-order valence-corrected chi connectivity index (χ1v) is 20.4. The number of hydrogen-bond donors (Lipinski definition) is 5. The van der Waals surface area contributed by atoms with Gasteiger partial charge in [-0.15, -0.1) is 0 Å². The van der Waals surface area contributed by atoms with Gasteiger partial charge in [0.15, 0.2) is 0 Å². The highest BCUT2D eigenvalue weighted by atomic mass is 16.3. The maximum Gasteiger partial charge on any atom is 0.249 e. The summed E-state index contributed by atoms with van der Waals surface area (Å²) in [5.41, 5.74) is 0. The third-order valence-corrected chi connectivity index (χ3v) is 9.82. The number of amides is 1. The number of nitrogens with one attached hydrogen (secondary N) is 1. The number of unbranched alkanes of at least 4 members (excludes halogenated alkanes) is 28. The van der Waals surface area contributed by atoms with Gasteiger partial charge in [-0.05, 0) is 12.8 Å². The van der Waals surface area contributed by atoms with Crippen molar-refractivity contribution in [3.8, 4) is 0 Å². The molecule has 0 bridgehead atoms. The Balaban J connectivity index is 3.72. The molecule has 0 spiro atoms. The highest BCUT2D eigenvalue weighted by Gasteiger charge is 2.28. The molecule has 0 aromatic carbocycles. The van der Waals surface area contributed by atoms with Gasteiger partial charge >= 0.3 is 0 Å². The predicted molar refractivity (Wildman–Crippen MR) is 196 cm³/mol. The van der Waals surface area contributed by atoms with E-state index in [2.05, 4.69) is 19.2 Å². The molecule has 5 N–H and O–H groups in total. The Labute approximate surface area is 286 Å². The van der Waals surface area contributed by atoms with Gasteiger partial charge in [0.25, 0.3) is 0 Å². The van der Waals surface area contributed by atoms with Gasteiger partial charge in [-0.25, -0.2) is 0 Å². The lowest BCUT2D eigenvalue weighted by Crippen LogP contribution is -2.53. The average molecular weight is 656 g/mol. The van der Waals surface area contributed by atoms with E-state index in [1.54, 1.807) is 0 Å². The number of carbonyl (C=O) groups is 1. The molecular formula is C40H81NO5. The van der Waals surface area contributed by atoms with Gasteiger partial charge in [0.2, 0.25) is 5.91 Å². The lowest BCUT2D eigenvalue weighted by atomic mass is 9.99. The molecule has 0 rings (SSSR count). The molecule has 0 saturated heterocycles. The fraction of sp³-hybridized carbons (Fsp3) is 0.975. The van der Waals surface area contributed by atoms with Crippen molar-refractivity contribution in [3.05, 3.63) is 0 Å². The summed E-state index contributed by atoms with van der Waals surface area (Å²) in [6.07, 6.45) is 35.5. The van der Waals surface area contributed by atoms with E-state index in [0.717, 1.165) is 38.5 Å². The van der Waals surface area contributed by atoms with Gasteiger partial charge in [-0.3, -0.25) is 4.79 Å². The fourth-order valence-corrected chi connectivity index (χ4v) is 6.52. The molecule has 0 aromatic heterocycles. The van der Waals surface area contributed by atoms with Crippen LogP contribution in [0, 0.1) is 0 Å². The Bertz CT molecular complexity index is 618. The summed E-state index contributed by atoms with van der Waals surface area (Å²) >= 11 is 0. The van der Waals surface area contributed by atoms with Gasteiger partial charge in [-0.2, -0.15) is 0 Å². The summed E-state index contributed by atoms with van der Waals surface area (Å²) in [7, 11) is 0. The van der Waals surface area contributed by atoms with Gasteiger partial charge in [0, 0.05) is 0 Å². The summed E-state index contributed by atoms with van der Waals surface area (Å²) < 4.78 is 0. The van der Waals surface area contributed by atoms with Crippen LogP contribution in [0.25, 0.3) is 0 Å². The third kappa shape index (κ3) is 29.4. The molecular weight excluding hydrogens is 574 g/mol. The van der Waals surface area contributed by atoms with Crippen molar-refractivity contribution >= 4 is 5.91 Å². The minimum atomic E-state index is -1.25. The van der Waals surface area contributed by atoms with Crippen LogP contribution in [0.3, 0.4) is 0 Å². The fourth-order valence-electron chi connectivity index (χ4n) is 6.52. The lowest BCUT2D eigenvalue weighted by Gasteiger charge is -2.27. The molecule has 4 atom stereocenters. The topological polar surface area (TPSA) is 110 Å². The second-order valence-corrected chi connectivity index (χ2v) is 14.3. The van der Waals surface area contributed by atoms with Crippen LogP contribution in [0.4, 0.5) is 0 Å². The van der Waals surface area contributed by atoms with Crippen LogP contribution in [0.5, 0.6) is 0 Å². The van der Waals surface area contributed by atoms with Crippen molar-refractivity contribution in [2.24, 2.45) is 0 Å². The molecule has 0 saturated carbocycles. The lowest BCUT2D eigenvalue weighted by molar-refractivity contribution is -0.132. The van der Waals surface area contributed by atoms with Crippen molar-refractivity contribution < 1.29 is 25.2 Å². The Morgan fingerprint density at radius 3 is 1.04 bits per heavy atom. The SMILES string of the molecule is CCCCCCCCCCCCCCCCCCCCC(O)C(=O)N[C@@H](CO)[C@H](O)[C@H](O)CCCCCCCCCCCCCC. The van der Waals surface area contributed by atoms with Crippen molar-refractivity contribution in [1.29, 1.82) is 0 Å². The molecule has 0 aliphatic rings. The molecule has 0 aliphatic carbocycles. The molecule has 46 heavy (non-hydrogen) atoms. The Morgan fingerprint density at radius 1 is 0.457 bits per heavy atom. The van der Waals surface area contributed by atoms with E-state index >= 15 is 0 Å². The number of aliphatic hydroxyl groups excluding tert-OH is 4. The minimum Gasteiger partial charge on any atom is -0.394 e. The van der Waals surface area contributed by atoms with Crippen LogP contribution in [0.1, 0.15) is 219 Å². The third-order valence-electron chi connectivity index (χ3n) is 9.82. The number of rotatable bonds is 37. The quantitative estimate of drug-likeness (QED) is 0.0428. The molecule has 276 valence electrons.